The van der Waals surface area contributed by atoms with Crippen molar-refractivity contribution in [2.24, 2.45) is 0 Å². The monoisotopic (exact) mass is 324 g/mol. The van der Waals surface area contributed by atoms with E-state index in [-0.39, 0.29) is 17.7 Å². The van der Waals surface area contributed by atoms with Crippen LogP contribution in [0, 0.1) is 28.4 Å². The summed E-state index contributed by atoms with van der Waals surface area (Å²) in [6, 6.07) is 7.77. The molecule has 0 saturated carbocycles. The molecular formula is C15H20N2O4S. The fourth-order valence-corrected chi connectivity index (χ4v) is 4.80. The zero-order chi connectivity index (χ0) is 17.2. The molecule has 22 heavy (non-hydrogen) atoms. The van der Waals surface area contributed by atoms with Gasteiger partial charge in [0.25, 0.3) is 5.54 Å². The van der Waals surface area contributed by atoms with Gasteiger partial charge in [-0.15, -0.1) is 0 Å². The van der Waals surface area contributed by atoms with Crippen molar-refractivity contribution in [3.63, 3.8) is 0 Å². The van der Waals surface area contributed by atoms with Gasteiger partial charge in [0.05, 0.1) is 11.0 Å². The lowest BCUT2D eigenvalue weighted by atomic mass is 9.82. The van der Waals surface area contributed by atoms with Crippen molar-refractivity contribution >= 4 is 9.84 Å². The Bertz CT molecular complexity index is 706. The Morgan fingerprint density at radius 3 is 2.05 bits per heavy atom. The van der Waals surface area contributed by atoms with Crippen LogP contribution < -0.4 is 0 Å². The Kier molecular flexibility index (Phi) is 4.98. The maximum atomic E-state index is 13.0. The highest BCUT2D eigenvalue weighted by atomic mass is 32.2. The van der Waals surface area contributed by atoms with Crippen molar-refractivity contribution in [3.05, 3.63) is 39.9 Å². The number of rotatable bonds is 6. The maximum Gasteiger partial charge on any atom is 0.252 e. The molecule has 1 rings (SSSR count). The summed E-state index contributed by atoms with van der Waals surface area (Å²) in [5, 5.41) is 21.1. The highest BCUT2D eigenvalue weighted by Gasteiger charge is 2.64. The first-order chi connectivity index (χ1) is 10.1. The normalized spacial score (nSPS) is 17.0. The summed E-state index contributed by atoms with van der Waals surface area (Å²) in [4.78, 5) is 10.8. The summed E-state index contributed by atoms with van der Waals surface area (Å²) < 4.78 is 23.9. The highest BCUT2D eigenvalue weighted by molar-refractivity contribution is 7.93. The minimum Gasteiger partial charge on any atom is -0.264 e. The van der Waals surface area contributed by atoms with Crippen LogP contribution >= 0.6 is 0 Å². The third-order valence-corrected chi connectivity index (χ3v) is 7.06. The van der Waals surface area contributed by atoms with Crippen LogP contribution in [0.25, 0.3) is 0 Å². The quantitative estimate of drug-likeness (QED) is 0.591. The minimum atomic E-state index is -4.20. The second-order valence-corrected chi connectivity index (χ2v) is 7.67. The predicted molar refractivity (Wildman–Crippen MR) is 82.7 cm³/mol. The third-order valence-electron chi connectivity index (χ3n) is 4.43. The summed E-state index contributed by atoms with van der Waals surface area (Å²) in [6.45, 7) is 6.05. The molecule has 1 aromatic rings. The Labute approximate surface area is 130 Å². The molecule has 120 valence electrons. The van der Waals surface area contributed by atoms with E-state index >= 15 is 0 Å². The largest absolute Gasteiger partial charge is 0.264 e. The molecule has 0 saturated heterocycles. The molecule has 2 atom stereocenters. The number of nitrogens with zero attached hydrogens (tertiary/aromatic N) is 2. The second kappa shape index (κ2) is 6.05. The van der Waals surface area contributed by atoms with Crippen molar-refractivity contribution in [2.75, 3.05) is 0 Å². The SMILES string of the molecule is CCC(C)([N+](=O)[O-])C(C#N)(CC)S(=O)(=O)c1ccc(C)cc1. The van der Waals surface area contributed by atoms with E-state index in [2.05, 4.69) is 0 Å². The zero-order valence-corrected chi connectivity index (χ0v) is 14.0. The van der Waals surface area contributed by atoms with Crippen LogP contribution in [0.4, 0.5) is 0 Å². The fourth-order valence-electron chi connectivity index (χ4n) is 2.60. The van der Waals surface area contributed by atoms with E-state index < -0.39 is 25.0 Å². The van der Waals surface area contributed by atoms with Gasteiger partial charge < -0.3 is 0 Å². The number of sulfone groups is 1. The average molecular weight is 324 g/mol. The van der Waals surface area contributed by atoms with E-state index in [1.165, 1.54) is 32.9 Å². The summed E-state index contributed by atoms with van der Waals surface area (Å²) in [5.41, 5.74) is -1.02. The van der Waals surface area contributed by atoms with Crippen molar-refractivity contribution in [2.45, 2.75) is 55.7 Å². The number of aryl methyl sites for hydroxylation is 1. The Hall–Kier alpha value is -1.94. The van der Waals surface area contributed by atoms with Crippen molar-refractivity contribution in [1.29, 1.82) is 5.26 Å². The Morgan fingerprint density at radius 2 is 1.73 bits per heavy atom. The number of nitriles is 1. The molecule has 0 aliphatic carbocycles. The summed E-state index contributed by atoms with van der Waals surface area (Å²) >= 11 is 0. The molecule has 0 heterocycles. The molecule has 7 heteroatoms. The molecule has 0 aliphatic rings. The van der Waals surface area contributed by atoms with Crippen LogP contribution in [0.3, 0.4) is 0 Å². The van der Waals surface area contributed by atoms with Crippen LogP contribution in [0.5, 0.6) is 0 Å². The number of benzene rings is 1. The Morgan fingerprint density at radius 1 is 1.23 bits per heavy atom. The van der Waals surface area contributed by atoms with Crippen LogP contribution in [-0.4, -0.2) is 23.6 Å². The smallest absolute Gasteiger partial charge is 0.252 e. The van der Waals surface area contributed by atoms with E-state index in [1.54, 1.807) is 25.1 Å². The molecule has 2 unspecified atom stereocenters. The molecule has 0 aromatic heterocycles. The summed E-state index contributed by atoms with van der Waals surface area (Å²) in [6.07, 6.45) is -0.225. The zero-order valence-electron chi connectivity index (χ0n) is 13.2. The van der Waals surface area contributed by atoms with Gasteiger partial charge in [0.15, 0.2) is 0 Å². The predicted octanol–water partition coefficient (Wildman–Crippen LogP) is 2.89. The molecule has 6 nitrogen and oxygen atoms in total. The molecule has 1 aromatic carbocycles. The third kappa shape index (κ3) is 2.37. The van der Waals surface area contributed by atoms with E-state index in [0.29, 0.717) is 0 Å². The lowest BCUT2D eigenvalue weighted by Gasteiger charge is -2.35. The van der Waals surface area contributed by atoms with E-state index in [4.69, 9.17) is 0 Å². The van der Waals surface area contributed by atoms with Gasteiger partial charge >= 0.3 is 0 Å². The van der Waals surface area contributed by atoms with Gasteiger partial charge in [-0.2, -0.15) is 5.26 Å². The van der Waals surface area contributed by atoms with Gasteiger partial charge in [-0.1, -0.05) is 31.5 Å². The number of hydrogen-bond acceptors (Lipinski definition) is 5. The first kappa shape index (κ1) is 18.1. The average Bonchev–Trinajstić information content (AvgIpc) is 2.48. The molecular weight excluding hydrogens is 304 g/mol. The van der Waals surface area contributed by atoms with Gasteiger partial charge in [0.2, 0.25) is 14.6 Å². The van der Waals surface area contributed by atoms with E-state index in [1.807, 2.05) is 0 Å². The molecule has 0 aliphatic heterocycles. The molecule has 0 amide bonds. The molecule has 0 spiro atoms. The van der Waals surface area contributed by atoms with Gasteiger partial charge in [-0.05, 0) is 25.5 Å². The van der Waals surface area contributed by atoms with Crippen LogP contribution in [0.2, 0.25) is 0 Å². The van der Waals surface area contributed by atoms with Crippen LogP contribution in [0.1, 0.15) is 39.2 Å². The highest BCUT2D eigenvalue weighted by Crippen LogP contribution is 2.41. The first-order valence-corrected chi connectivity index (χ1v) is 8.48. The topological polar surface area (TPSA) is 101 Å². The lowest BCUT2D eigenvalue weighted by Crippen LogP contribution is -2.60. The molecule has 0 bridgehead atoms. The van der Waals surface area contributed by atoms with Gasteiger partial charge in [-0.25, -0.2) is 8.42 Å². The lowest BCUT2D eigenvalue weighted by molar-refractivity contribution is -0.570. The van der Waals surface area contributed by atoms with Gasteiger partial charge in [0.1, 0.15) is 0 Å². The fraction of sp³-hybridized carbons (Fsp3) is 0.533. The standard InChI is InChI=1S/C15H20N2O4S/c1-5-14(4,17(18)19)15(6-2,11-16)22(20,21)13-9-7-12(3)8-10-13/h7-10H,5-6H2,1-4H3. The molecule has 0 N–H and O–H groups in total. The van der Waals surface area contributed by atoms with Gasteiger partial charge in [0, 0.05) is 18.3 Å². The number of nitro groups is 1. The minimum absolute atomic E-state index is 0.0630. The summed E-state index contributed by atoms with van der Waals surface area (Å²) in [5.74, 6) is 0. The van der Waals surface area contributed by atoms with E-state index in [9.17, 15) is 23.8 Å². The number of hydrogen-bond donors (Lipinski definition) is 0. The van der Waals surface area contributed by atoms with Gasteiger partial charge in [-0.3, -0.25) is 10.1 Å². The summed E-state index contributed by atoms with van der Waals surface area (Å²) in [7, 11) is -4.20. The van der Waals surface area contributed by atoms with Crippen LogP contribution in [0.15, 0.2) is 29.2 Å². The Balaban J connectivity index is 3.72. The first-order valence-electron chi connectivity index (χ1n) is 7.00. The van der Waals surface area contributed by atoms with Crippen LogP contribution in [-0.2, 0) is 9.84 Å². The molecule has 0 radical (unpaired) electrons. The molecule has 0 fully saturated rings. The van der Waals surface area contributed by atoms with Crippen molar-refractivity contribution in [3.8, 4) is 6.07 Å². The maximum absolute atomic E-state index is 13.0. The van der Waals surface area contributed by atoms with E-state index in [0.717, 1.165) is 5.56 Å². The van der Waals surface area contributed by atoms with Crippen molar-refractivity contribution < 1.29 is 13.3 Å². The second-order valence-electron chi connectivity index (χ2n) is 5.49. The van der Waals surface area contributed by atoms with Crippen molar-refractivity contribution in [1.82, 2.24) is 0 Å².